The Morgan fingerprint density at radius 2 is 1.81 bits per heavy atom. The molecule has 1 amide bonds. The van der Waals surface area contributed by atoms with Crippen LogP contribution < -0.4 is 10.2 Å². The van der Waals surface area contributed by atoms with Crippen molar-refractivity contribution in [1.29, 1.82) is 0 Å². The molecule has 2 fully saturated rings. The Morgan fingerprint density at radius 1 is 1.15 bits per heavy atom. The van der Waals surface area contributed by atoms with Gasteiger partial charge in [0.2, 0.25) is 0 Å². The van der Waals surface area contributed by atoms with Crippen molar-refractivity contribution >= 4 is 17.3 Å². The molecule has 1 N–H and O–H groups in total. The average molecular weight is 368 g/mol. The summed E-state index contributed by atoms with van der Waals surface area (Å²) < 4.78 is 5.32. The summed E-state index contributed by atoms with van der Waals surface area (Å²) in [6.45, 7) is 10.2. The summed E-state index contributed by atoms with van der Waals surface area (Å²) in [4.78, 5) is 17.7. The number of carbonyl (C=O) groups excluding carboxylic acids is 1. The largest absolute Gasteiger partial charge is 0.369 e. The van der Waals surface area contributed by atoms with Gasteiger partial charge in [0.25, 0.3) is 5.91 Å². The number of anilines is 2. The van der Waals surface area contributed by atoms with Crippen molar-refractivity contribution in [2.75, 3.05) is 36.4 Å². The number of carbonyl (C=O) groups is 1. The Balaban J connectivity index is 1.39. The van der Waals surface area contributed by atoms with E-state index in [1.54, 1.807) is 6.92 Å². The maximum atomic E-state index is 12.7. The molecule has 144 valence electrons. The Labute approximate surface area is 160 Å². The first-order valence-corrected chi connectivity index (χ1v) is 9.89. The number of benzene rings is 1. The van der Waals surface area contributed by atoms with Gasteiger partial charge < -0.3 is 14.7 Å². The van der Waals surface area contributed by atoms with Crippen LogP contribution in [0.15, 0.2) is 28.8 Å². The SMILES string of the molecule is Cc1noc(C(C)C)c1C(=O)Nc1ccc(N2CCN(C3CC3)CC2)cc1. The number of piperazine rings is 1. The van der Waals surface area contributed by atoms with Gasteiger partial charge in [-0.25, -0.2) is 0 Å². The van der Waals surface area contributed by atoms with Crippen molar-refractivity contribution in [3.05, 3.63) is 41.3 Å². The second kappa shape index (κ2) is 7.35. The molecule has 0 spiro atoms. The summed E-state index contributed by atoms with van der Waals surface area (Å²) in [6, 6.07) is 8.97. The van der Waals surface area contributed by atoms with E-state index in [1.807, 2.05) is 26.0 Å². The van der Waals surface area contributed by atoms with Gasteiger partial charge in [0.15, 0.2) is 5.76 Å². The van der Waals surface area contributed by atoms with Crippen LogP contribution in [0, 0.1) is 6.92 Å². The molecule has 1 aliphatic heterocycles. The van der Waals surface area contributed by atoms with E-state index in [2.05, 4.69) is 32.4 Å². The summed E-state index contributed by atoms with van der Waals surface area (Å²) in [5.41, 5.74) is 3.18. The molecule has 1 saturated carbocycles. The summed E-state index contributed by atoms with van der Waals surface area (Å²) >= 11 is 0. The first-order valence-electron chi connectivity index (χ1n) is 9.89. The Hall–Kier alpha value is -2.34. The van der Waals surface area contributed by atoms with Gasteiger partial charge in [-0.15, -0.1) is 0 Å². The van der Waals surface area contributed by atoms with Crippen LogP contribution in [0.3, 0.4) is 0 Å². The van der Waals surface area contributed by atoms with Crippen molar-refractivity contribution in [1.82, 2.24) is 10.1 Å². The number of aryl methyl sites for hydroxylation is 1. The Morgan fingerprint density at radius 3 is 2.41 bits per heavy atom. The first kappa shape index (κ1) is 18.0. The van der Waals surface area contributed by atoms with Crippen molar-refractivity contribution in [3.8, 4) is 0 Å². The lowest BCUT2D eigenvalue weighted by Gasteiger charge is -2.36. The number of aromatic nitrogens is 1. The number of nitrogens with one attached hydrogen (secondary N) is 1. The van der Waals surface area contributed by atoms with E-state index >= 15 is 0 Å². The first-order chi connectivity index (χ1) is 13.0. The van der Waals surface area contributed by atoms with Gasteiger partial charge in [-0.1, -0.05) is 19.0 Å². The number of nitrogens with zero attached hydrogens (tertiary/aromatic N) is 3. The highest BCUT2D eigenvalue weighted by atomic mass is 16.5. The third-order valence-corrected chi connectivity index (χ3v) is 5.51. The molecule has 0 bridgehead atoms. The van der Waals surface area contributed by atoms with E-state index in [4.69, 9.17) is 4.52 Å². The maximum Gasteiger partial charge on any atom is 0.261 e. The zero-order chi connectivity index (χ0) is 19.0. The van der Waals surface area contributed by atoms with Crippen LogP contribution in [0.1, 0.15) is 54.4 Å². The molecule has 6 heteroatoms. The molecular formula is C21H28N4O2. The normalized spacial score (nSPS) is 18.1. The standard InChI is InChI=1S/C21H28N4O2/c1-14(2)20-19(15(3)23-27-20)21(26)22-16-4-6-17(7-5-16)24-10-12-25(13-11-24)18-8-9-18/h4-7,14,18H,8-13H2,1-3H3,(H,22,26). The fourth-order valence-electron chi connectivity index (χ4n) is 3.79. The van der Waals surface area contributed by atoms with Crippen molar-refractivity contribution in [2.24, 2.45) is 0 Å². The molecule has 6 nitrogen and oxygen atoms in total. The van der Waals surface area contributed by atoms with Crippen molar-refractivity contribution in [2.45, 2.75) is 45.6 Å². The van der Waals surface area contributed by atoms with Crippen LogP contribution in [0.25, 0.3) is 0 Å². The molecule has 1 aliphatic carbocycles. The van der Waals surface area contributed by atoms with Gasteiger partial charge in [-0.2, -0.15) is 0 Å². The van der Waals surface area contributed by atoms with Gasteiger partial charge in [0.1, 0.15) is 5.56 Å². The zero-order valence-electron chi connectivity index (χ0n) is 16.4. The Bertz CT molecular complexity index is 800. The second-order valence-electron chi connectivity index (χ2n) is 7.92. The van der Waals surface area contributed by atoms with Gasteiger partial charge >= 0.3 is 0 Å². The van der Waals surface area contributed by atoms with Crippen LogP contribution in [0.4, 0.5) is 11.4 Å². The van der Waals surface area contributed by atoms with Crippen LogP contribution >= 0.6 is 0 Å². The third kappa shape index (κ3) is 3.86. The van der Waals surface area contributed by atoms with Crippen LogP contribution in [-0.2, 0) is 0 Å². The molecule has 2 aromatic rings. The molecule has 0 atom stereocenters. The summed E-state index contributed by atoms with van der Waals surface area (Å²) in [6.07, 6.45) is 2.75. The van der Waals surface area contributed by atoms with Crippen LogP contribution in [0.2, 0.25) is 0 Å². The van der Waals surface area contributed by atoms with E-state index in [1.165, 1.54) is 18.5 Å². The average Bonchev–Trinajstić information content (AvgIpc) is 3.44. The lowest BCUT2D eigenvalue weighted by atomic mass is 10.0. The van der Waals surface area contributed by atoms with Crippen molar-refractivity contribution in [3.63, 3.8) is 0 Å². The topological polar surface area (TPSA) is 61.6 Å². The zero-order valence-corrected chi connectivity index (χ0v) is 16.4. The molecular weight excluding hydrogens is 340 g/mol. The van der Waals surface area contributed by atoms with Gasteiger partial charge in [0, 0.05) is 49.5 Å². The minimum absolute atomic E-state index is 0.114. The highest BCUT2D eigenvalue weighted by Gasteiger charge is 2.31. The summed E-state index contributed by atoms with van der Waals surface area (Å²) in [5, 5.41) is 6.93. The molecule has 1 aromatic carbocycles. The van der Waals surface area contributed by atoms with E-state index in [0.29, 0.717) is 17.0 Å². The molecule has 2 aliphatic rings. The molecule has 4 rings (SSSR count). The fraction of sp³-hybridized carbons (Fsp3) is 0.524. The number of hydrogen-bond acceptors (Lipinski definition) is 5. The minimum Gasteiger partial charge on any atom is -0.369 e. The number of amides is 1. The monoisotopic (exact) mass is 368 g/mol. The van der Waals surface area contributed by atoms with Crippen LogP contribution in [0.5, 0.6) is 0 Å². The third-order valence-electron chi connectivity index (χ3n) is 5.51. The molecule has 0 unspecified atom stereocenters. The second-order valence-corrected chi connectivity index (χ2v) is 7.92. The van der Waals surface area contributed by atoms with E-state index in [9.17, 15) is 4.79 Å². The fourth-order valence-corrected chi connectivity index (χ4v) is 3.79. The lowest BCUT2D eigenvalue weighted by Crippen LogP contribution is -2.47. The van der Waals surface area contributed by atoms with Gasteiger partial charge in [0.05, 0.1) is 5.69 Å². The minimum atomic E-state index is -0.164. The van der Waals surface area contributed by atoms with E-state index in [0.717, 1.165) is 37.9 Å². The Kier molecular flexibility index (Phi) is 4.91. The molecule has 0 radical (unpaired) electrons. The predicted octanol–water partition coefficient (Wildman–Crippen LogP) is 3.64. The highest BCUT2D eigenvalue weighted by Crippen LogP contribution is 2.29. The molecule has 1 saturated heterocycles. The quantitative estimate of drug-likeness (QED) is 0.873. The number of rotatable bonds is 5. The highest BCUT2D eigenvalue weighted by molar-refractivity contribution is 6.05. The molecule has 2 heterocycles. The summed E-state index contributed by atoms with van der Waals surface area (Å²) in [7, 11) is 0. The number of hydrogen-bond donors (Lipinski definition) is 1. The van der Waals surface area contributed by atoms with Gasteiger partial charge in [-0.3, -0.25) is 9.69 Å². The molecule has 27 heavy (non-hydrogen) atoms. The van der Waals surface area contributed by atoms with Gasteiger partial charge in [-0.05, 0) is 44.0 Å². The lowest BCUT2D eigenvalue weighted by molar-refractivity contribution is 0.102. The predicted molar refractivity (Wildman–Crippen MR) is 107 cm³/mol. The smallest absolute Gasteiger partial charge is 0.261 e. The van der Waals surface area contributed by atoms with E-state index in [-0.39, 0.29) is 11.8 Å². The van der Waals surface area contributed by atoms with Crippen LogP contribution in [-0.4, -0.2) is 48.2 Å². The van der Waals surface area contributed by atoms with Crippen molar-refractivity contribution < 1.29 is 9.32 Å². The van der Waals surface area contributed by atoms with E-state index < -0.39 is 0 Å². The maximum absolute atomic E-state index is 12.7. The summed E-state index contributed by atoms with van der Waals surface area (Å²) in [5.74, 6) is 0.585. The molecule has 1 aromatic heterocycles.